The summed E-state index contributed by atoms with van der Waals surface area (Å²) >= 11 is 0. The molecule has 0 saturated carbocycles. The Labute approximate surface area is 116 Å². The summed E-state index contributed by atoms with van der Waals surface area (Å²) in [5.41, 5.74) is 0.559. The Kier molecular flexibility index (Phi) is 4.12. The Morgan fingerprint density at radius 1 is 1.15 bits per heavy atom. The largest absolute Gasteiger partial charge is 0.486 e. The second kappa shape index (κ2) is 5.81. The summed E-state index contributed by atoms with van der Waals surface area (Å²) in [6, 6.07) is 5.09. The molecule has 6 heteroatoms. The number of hydrogen-bond acceptors (Lipinski definition) is 4. The third kappa shape index (κ3) is 3.01. The Morgan fingerprint density at radius 2 is 1.80 bits per heavy atom. The summed E-state index contributed by atoms with van der Waals surface area (Å²) in [4.78, 5) is 22.9. The molecule has 108 valence electrons. The molecule has 0 fully saturated rings. The van der Waals surface area contributed by atoms with Crippen LogP contribution in [0.3, 0.4) is 0 Å². The van der Waals surface area contributed by atoms with Crippen molar-refractivity contribution in [2.75, 3.05) is 18.5 Å². The van der Waals surface area contributed by atoms with Crippen molar-refractivity contribution in [1.29, 1.82) is 0 Å². The Morgan fingerprint density at radius 3 is 2.45 bits per heavy atom. The van der Waals surface area contributed by atoms with Crippen LogP contribution in [-0.2, 0) is 9.59 Å². The van der Waals surface area contributed by atoms with Gasteiger partial charge in [0.2, 0.25) is 5.91 Å². The lowest BCUT2D eigenvalue weighted by Gasteiger charge is -2.20. The van der Waals surface area contributed by atoms with Crippen molar-refractivity contribution < 1.29 is 24.2 Å². The molecule has 1 aliphatic heterocycles. The Hall–Kier alpha value is -2.24. The van der Waals surface area contributed by atoms with E-state index >= 15 is 0 Å². The fraction of sp³-hybridized carbons (Fsp3) is 0.429. The third-order valence-electron chi connectivity index (χ3n) is 3.36. The number of fused-ring (bicyclic) bond motifs is 1. The maximum absolute atomic E-state index is 12.0. The van der Waals surface area contributed by atoms with E-state index < -0.39 is 17.8 Å². The van der Waals surface area contributed by atoms with E-state index in [0.29, 0.717) is 30.4 Å². The Balaban J connectivity index is 2.06. The molecule has 0 aromatic heterocycles. The zero-order valence-electron chi connectivity index (χ0n) is 11.4. The van der Waals surface area contributed by atoms with Gasteiger partial charge in [-0.2, -0.15) is 0 Å². The normalized spacial score (nSPS) is 16.1. The van der Waals surface area contributed by atoms with Crippen LogP contribution in [0, 0.1) is 11.8 Å². The standard InChI is InChI=1S/C14H17NO5/c1-8(9(2)14(17)18)13(16)15-10-3-4-11-12(7-10)20-6-5-19-11/h3-4,7-9H,5-6H2,1-2H3,(H,15,16)(H,17,18). The molecular weight excluding hydrogens is 262 g/mol. The van der Waals surface area contributed by atoms with Crippen LogP contribution in [-0.4, -0.2) is 30.2 Å². The van der Waals surface area contributed by atoms with Gasteiger partial charge >= 0.3 is 5.97 Å². The first-order valence-corrected chi connectivity index (χ1v) is 6.42. The minimum Gasteiger partial charge on any atom is -0.486 e. The maximum atomic E-state index is 12.0. The van der Waals surface area contributed by atoms with Crippen molar-refractivity contribution in [3.8, 4) is 11.5 Å². The molecule has 1 aromatic carbocycles. The quantitative estimate of drug-likeness (QED) is 0.877. The summed E-state index contributed by atoms with van der Waals surface area (Å²) in [6.45, 7) is 4.07. The second-order valence-corrected chi connectivity index (χ2v) is 4.76. The van der Waals surface area contributed by atoms with E-state index in [1.54, 1.807) is 25.1 Å². The minimum absolute atomic E-state index is 0.337. The third-order valence-corrected chi connectivity index (χ3v) is 3.36. The number of carbonyl (C=O) groups is 2. The zero-order valence-corrected chi connectivity index (χ0v) is 11.4. The van der Waals surface area contributed by atoms with Crippen LogP contribution in [0.4, 0.5) is 5.69 Å². The van der Waals surface area contributed by atoms with E-state index in [1.165, 1.54) is 6.92 Å². The molecule has 20 heavy (non-hydrogen) atoms. The number of carbonyl (C=O) groups excluding carboxylic acids is 1. The van der Waals surface area contributed by atoms with Crippen LogP contribution in [0.1, 0.15) is 13.8 Å². The van der Waals surface area contributed by atoms with Gasteiger partial charge in [-0.15, -0.1) is 0 Å². The minimum atomic E-state index is -0.991. The van der Waals surface area contributed by atoms with Crippen molar-refractivity contribution >= 4 is 17.6 Å². The smallest absolute Gasteiger partial charge is 0.307 e. The number of benzene rings is 1. The molecule has 2 N–H and O–H groups in total. The molecule has 0 aliphatic carbocycles. The number of rotatable bonds is 4. The lowest BCUT2D eigenvalue weighted by molar-refractivity contribution is -0.145. The van der Waals surface area contributed by atoms with Crippen LogP contribution in [0.5, 0.6) is 11.5 Å². The number of ether oxygens (including phenoxy) is 2. The lowest BCUT2D eigenvalue weighted by atomic mass is 9.95. The molecule has 6 nitrogen and oxygen atoms in total. The highest BCUT2D eigenvalue weighted by Gasteiger charge is 2.26. The second-order valence-electron chi connectivity index (χ2n) is 4.76. The lowest BCUT2D eigenvalue weighted by Crippen LogP contribution is -2.30. The van der Waals surface area contributed by atoms with E-state index in [2.05, 4.69) is 5.32 Å². The average molecular weight is 279 g/mol. The predicted octanol–water partition coefficient (Wildman–Crippen LogP) is 1.75. The van der Waals surface area contributed by atoms with Gasteiger partial charge in [-0.25, -0.2) is 0 Å². The number of aliphatic carboxylic acids is 1. The molecule has 2 atom stereocenters. The van der Waals surface area contributed by atoms with Gasteiger partial charge in [-0.1, -0.05) is 13.8 Å². The van der Waals surface area contributed by atoms with Crippen LogP contribution >= 0.6 is 0 Å². The molecule has 1 heterocycles. The highest BCUT2D eigenvalue weighted by atomic mass is 16.6. The number of carboxylic acid groups (broad SMARTS) is 1. The number of carboxylic acids is 1. The molecule has 1 aromatic rings. The van der Waals surface area contributed by atoms with Gasteiger partial charge in [0.1, 0.15) is 13.2 Å². The summed E-state index contributed by atoms with van der Waals surface area (Å²) in [7, 11) is 0. The Bertz CT molecular complexity index is 528. The summed E-state index contributed by atoms with van der Waals surface area (Å²) in [5.74, 6) is -1.48. The predicted molar refractivity (Wildman–Crippen MR) is 72.0 cm³/mol. The molecule has 0 saturated heterocycles. The van der Waals surface area contributed by atoms with Crippen molar-refractivity contribution in [1.82, 2.24) is 0 Å². The molecule has 2 rings (SSSR count). The first-order chi connectivity index (χ1) is 9.49. The highest BCUT2D eigenvalue weighted by Crippen LogP contribution is 2.32. The van der Waals surface area contributed by atoms with E-state index in [9.17, 15) is 9.59 Å². The maximum Gasteiger partial charge on any atom is 0.307 e. The summed E-state index contributed by atoms with van der Waals surface area (Å²) in [5, 5.41) is 11.6. The summed E-state index contributed by atoms with van der Waals surface area (Å²) < 4.78 is 10.8. The molecule has 0 radical (unpaired) electrons. The molecular formula is C14H17NO5. The van der Waals surface area contributed by atoms with Crippen LogP contribution in [0.25, 0.3) is 0 Å². The number of anilines is 1. The van der Waals surface area contributed by atoms with E-state index in [1.807, 2.05) is 0 Å². The monoisotopic (exact) mass is 279 g/mol. The zero-order chi connectivity index (χ0) is 14.7. The van der Waals surface area contributed by atoms with Crippen molar-refractivity contribution in [2.45, 2.75) is 13.8 Å². The summed E-state index contributed by atoms with van der Waals surface area (Å²) in [6.07, 6.45) is 0. The first-order valence-electron chi connectivity index (χ1n) is 6.42. The highest BCUT2D eigenvalue weighted by molar-refractivity contribution is 5.95. The number of nitrogens with one attached hydrogen (secondary N) is 1. The van der Waals surface area contributed by atoms with E-state index in [0.717, 1.165) is 0 Å². The van der Waals surface area contributed by atoms with Gasteiger partial charge in [0.15, 0.2) is 11.5 Å². The van der Waals surface area contributed by atoms with Crippen molar-refractivity contribution in [2.24, 2.45) is 11.8 Å². The van der Waals surface area contributed by atoms with E-state index in [4.69, 9.17) is 14.6 Å². The van der Waals surface area contributed by atoms with Crippen molar-refractivity contribution in [3.63, 3.8) is 0 Å². The topological polar surface area (TPSA) is 84.9 Å². The van der Waals surface area contributed by atoms with Gasteiger partial charge in [0, 0.05) is 17.7 Å². The number of hydrogen-bond donors (Lipinski definition) is 2. The molecule has 1 amide bonds. The van der Waals surface area contributed by atoms with Crippen LogP contribution in [0.2, 0.25) is 0 Å². The van der Waals surface area contributed by atoms with Crippen LogP contribution < -0.4 is 14.8 Å². The van der Waals surface area contributed by atoms with Gasteiger partial charge in [-0.05, 0) is 12.1 Å². The molecule has 0 spiro atoms. The number of amides is 1. The van der Waals surface area contributed by atoms with Gasteiger partial charge < -0.3 is 19.9 Å². The molecule has 1 aliphatic rings. The fourth-order valence-electron chi connectivity index (χ4n) is 1.82. The fourth-order valence-corrected chi connectivity index (χ4v) is 1.82. The SMILES string of the molecule is CC(C(=O)O)C(C)C(=O)Nc1ccc2c(c1)OCCO2. The average Bonchev–Trinajstić information content (AvgIpc) is 2.45. The first kappa shape index (κ1) is 14.2. The van der Waals surface area contributed by atoms with Crippen molar-refractivity contribution in [3.05, 3.63) is 18.2 Å². The van der Waals surface area contributed by atoms with Gasteiger partial charge in [0.25, 0.3) is 0 Å². The van der Waals surface area contributed by atoms with Crippen LogP contribution in [0.15, 0.2) is 18.2 Å². The van der Waals surface area contributed by atoms with E-state index in [-0.39, 0.29) is 5.91 Å². The molecule has 2 unspecified atom stereocenters. The molecule has 0 bridgehead atoms. The van der Waals surface area contributed by atoms with Gasteiger partial charge in [-0.3, -0.25) is 9.59 Å². The van der Waals surface area contributed by atoms with Gasteiger partial charge in [0.05, 0.1) is 5.92 Å².